The second kappa shape index (κ2) is 5.70. The summed E-state index contributed by atoms with van der Waals surface area (Å²) in [6.45, 7) is 0. The third-order valence-corrected chi connectivity index (χ3v) is 4.23. The molecule has 0 spiro atoms. The van der Waals surface area contributed by atoms with Crippen LogP contribution in [0.2, 0.25) is 0 Å². The minimum absolute atomic E-state index is 0.0412. The largest absolute Gasteiger partial charge is 0.508 e. The molecule has 1 aromatic heterocycles. The summed E-state index contributed by atoms with van der Waals surface area (Å²) < 4.78 is 28.5. The van der Waals surface area contributed by atoms with Crippen LogP contribution in [0.25, 0.3) is 5.69 Å². The van der Waals surface area contributed by atoms with E-state index in [9.17, 15) is 18.7 Å². The number of halogens is 2. The Labute approximate surface area is 141 Å². The Hall–Kier alpha value is -3.22. The number of phenols is 1. The van der Waals surface area contributed by atoms with E-state index in [1.807, 2.05) is 6.07 Å². The summed E-state index contributed by atoms with van der Waals surface area (Å²) >= 11 is 0. The van der Waals surface area contributed by atoms with Crippen molar-refractivity contribution < 1.29 is 18.7 Å². The van der Waals surface area contributed by atoms with Crippen molar-refractivity contribution in [2.45, 2.75) is 12.3 Å². The second-order valence-electron chi connectivity index (χ2n) is 5.86. The van der Waals surface area contributed by atoms with Gasteiger partial charge in [-0.3, -0.25) is 4.79 Å². The van der Waals surface area contributed by atoms with Gasteiger partial charge in [-0.25, -0.2) is 13.5 Å². The van der Waals surface area contributed by atoms with E-state index in [0.29, 0.717) is 11.4 Å². The molecular weight excluding hydrogens is 328 g/mol. The molecule has 0 saturated heterocycles. The highest BCUT2D eigenvalue weighted by Crippen LogP contribution is 2.39. The van der Waals surface area contributed by atoms with Crippen molar-refractivity contribution in [2.24, 2.45) is 0 Å². The molecule has 1 atom stereocenters. The summed E-state index contributed by atoms with van der Waals surface area (Å²) in [4.78, 5) is 12.1. The molecule has 3 aromatic rings. The van der Waals surface area contributed by atoms with Crippen LogP contribution in [-0.2, 0) is 4.79 Å². The average Bonchev–Trinajstić information content (AvgIpc) is 2.97. The van der Waals surface area contributed by atoms with Gasteiger partial charge in [-0.2, -0.15) is 5.10 Å². The fraction of sp³-hybridized carbons (Fsp3) is 0.111. The van der Waals surface area contributed by atoms with Gasteiger partial charge in [0.15, 0.2) is 5.82 Å². The standard InChI is InChI=1S/C18H13F2N3O2/c19-11-4-5-16(15(20)7-11)23-18-14(9-21-23)13(8-17(25)22-18)10-2-1-3-12(24)6-10/h1-7,9,13,24H,8H2,(H,22,25). The number of amides is 1. The van der Waals surface area contributed by atoms with E-state index in [1.54, 1.807) is 24.4 Å². The molecule has 1 aliphatic rings. The molecule has 2 heterocycles. The Balaban J connectivity index is 1.84. The highest BCUT2D eigenvalue weighted by molar-refractivity contribution is 5.94. The van der Waals surface area contributed by atoms with Gasteiger partial charge in [0.25, 0.3) is 0 Å². The predicted molar refractivity (Wildman–Crippen MR) is 86.7 cm³/mol. The maximum Gasteiger partial charge on any atom is 0.226 e. The van der Waals surface area contributed by atoms with Crippen LogP contribution in [-0.4, -0.2) is 20.8 Å². The molecule has 25 heavy (non-hydrogen) atoms. The molecule has 0 saturated carbocycles. The molecule has 2 N–H and O–H groups in total. The number of hydrogen-bond donors (Lipinski definition) is 2. The first-order chi connectivity index (χ1) is 12.0. The summed E-state index contributed by atoms with van der Waals surface area (Å²) in [5.74, 6) is -1.58. The number of hydrogen-bond acceptors (Lipinski definition) is 3. The lowest BCUT2D eigenvalue weighted by molar-refractivity contribution is -0.116. The van der Waals surface area contributed by atoms with E-state index in [-0.39, 0.29) is 29.7 Å². The number of aromatic nitrogens is 2. The summed E-state index contributed by atoms with van der Waals surface area (Å²) in [6, 6.07) is 9.80. The molecule has 1 unspecified atom stereocenters. The number of carbonyl (C=O) groups excluding carboxylic acids is 1. The van der Waals surface area contributed by atoms with Crippen molar-refractivity contribution in [1.82, 2.24) is 9.78 Å². The minimum Gasteiger partial charge on any atom is -0.508 e. The zero-order chi connectivity index (χ0) is 17.6. The van der Waals surface area contributed by atoms with Gasteiger partial charge in [-0.15, -0.1) is 0 Å². The van der Waals surface area contributed by atoms with Crippen LogP contribution in [0.1, 0.15) is 23.5 Å². The van der Waals surface area contributed by atoms with Gasteiger partial charge in [0.05, 0.1) is 6.20 Å². The molecule has 0 aliphatic carbocycles. The quantitative estimate of drug-likeness (QED) is 0.751. The molecule has 126 valence electrons. The highest BCUT2D eigenvalue weighted by atomic mass is 19.1. The molecule has 4 rings (SSSR count). The van der Waals surface area contributed by atoms with E-state index in [4.69, 9.17) is 0 Å². The van der Waals surface area contributed by atoms with Crippen LogP contribution in [0.3, 0.4) is 0 Å². The summed E-state index contributed by atoms with van der Waals surface area (Å²) in [6.07, 6.45) is 1.74. The number of benzene rings is 2. The third-order valence-electron chi connectivity index (χ3n) is 4.23. The number of aromatic hydroxyl groups is 1. The number of carbonyl (C=O) groups is 1. The van der Waals surface area contributed by atoms with Gasteiger partial charge in [0.2, 0.25) is 5.91 Å². The van der Waals surface area contributed by atoms with Crippen molar-refractivity contribution in [2.75, 3.05) is 5.32 Å². The van der Waals surface area contributed by atoms with Gasteiger partial charge >= 0.3 is 0 Å². The molecule has 2 aromatic carbocycles. The lowest BCUT2D eigenvalue weighted by Crippen LogP contribution is -2.24. The van der Waals surface area contributed by atoms with Gasteiger partial charge < -0.3 is 10.4 Å². The van der Waals surface area contributed by atoms with Crippen molar-refractivity contribution in [3.63, 3.8) is 0 Å². The summed E-state index contributed by atoms with van der Waals surface area (Å²) in [7, 11) is 0. The van der Waals surface area contributed by atoms with E-state index in [1.165, 1.54) is 10.7 Å². The first kappa shape index (κ1) is 15.3. The molecular formula is C18H13F2N3O2. The molecule has 1 amide bonds. The molecule has 1 aliphatic heterocycles. The van der Waals surface area contributed by atoms with Crippen LogP contribution in [0.15, 0.2) is 48.7 Å². The van der Waals surface area contributed by atoms with Gasteiger partial charge in [0.1, 0.15) is 23.1 Å². The number of nitrogens with one attached hydrogen (secondary N) is 1. The maximum atomic E-state index is 14.1. The van der Waals surface area contributed by atoms with Gasteiger partial charge in [-0.05, 0) is 29.8 Å². The fourth-order valence-electron chi connectivity index (χ4n) is 3.09. The molecule has 0 fully saturated rings. The lowest BCUT2D eigenvalue weighted by Gasteiger charge is -2.24. The highest BCUT2D eigenvalue weighted by Gasteiger charge is 2.31. The van der Waals surface area contributed by atoms with E-state index in [2.05, 4.69) is 10.4 Å². The first-order valence-electron chi connectivity index (χ1n) is 7.65. The van der Waals surface area contributed by atoms with Gasteiger partial charge in [0, 0.05) is 24.0 Å². The molecule has 7 heteroatoms. The Morgan fingerprint density at radius 3 is 2.80 bits per heavy atom. The van der Waals surface area contributed by atoms with Crippen molar-refractivity contribution in [3.05, 3.63) is 71.4 Å². The summed E-state index contributed by atoms with van der Waals surface area (Å²) in [5, 5.41) is 16.6. The Morgan fingerprint density at radius 2 is 2.04 bits per heavy atom. The predicted octanol–water partition coefficient (Wildman–Crippen LogP) is 3.33. The van der Waals surface area contributed by atoms with E-state index >= 15 is 0 Å². The number of nitrogens with zero attached hydrogens (tertiary/aromatic N) is 2. The van der Waals surface area contributed by atoms with Crippen LogP contribution in [0, 0.1) is 11.6 Å². The smallest absolute Gasteiger partial charge is 0.226 e. The maximum absolute atomic E-state index is 14.1. The zero-order valence-electron chi connectivity index (χ0n) is 12.9. The summed E-state index contributed by atoms with van der Waals surface area (Å²) in [5.41, 5.74) is 1.50. The van der Waals surface area contributed by atoms with Crippen LogP contribution < -0.4 is 5.32 Å². The molecule has 0 bridgehead atoms. The number of phenolic OH excluding ortho intramolecular Hbond substituents is 1. The number of anilines is 1. The lowest BCUT2D eigenvalue weighted by atomic mass is 9.87. The zero-order valence-corrected chi connectivity index (χ0v) is 12.9. The number of rotatable bonds is 2. The topological polar surface area (TPSA) is 67.1 Å². The van der Waals surface area contributed by atoms with Crippen molar-refractivity contribution in [1.29, 1.82) is 0 Å². The van der Waals surface area contributed by atoms with Crippen molar-refractivity contribution >= 4 is 11.7 Å². The van der Waals surface area contributed by atoms with Crippen molar-refractivity contribution in [3.8, 4) is 11.4 Å². The SMILES string of the molecule is O=C1CC(c2cccc(O)c2)c2cnn(-c3ccc(F)cc3F)c2N1. The first-order valence-corrected chi connectivity index (χ1v) is 7.65. The monoisotopic (exact) mass is 341 g/mol. The molecule has 0 radical (unpaired) electrons. The fourth-order valence-corrected chi connectivity index (χ4v) is 3.09. The normalized spacial score (nSPS) is 16.4. The average molecular weight is 341 g/mol. The van der Waals surface area contributed by atoms with Crippen LogP contribution in [0.5, 0.6) is 5.75 Å². The Morgan fingerprint density at radius 1 is 1.20 bits per heavy atom. The van der Waals surface area contributed by atoms with Gasteiger partial charge in [-0.1, -0.05) is 12.1 Å². The number of fused-ring (bicyclic) bond motifs is 1. The molecule has 5 nitrogen and oxygen atoms in total. The minimum atomic E-state index is -0.778. The van der Waals surface area contributed by atoms with Crippen LogP contribution in [0.4, 0.5) is 14.6 Å². The Bertz CT molecular complexity index is 984. The van der Waals surface area contributed by atoms with E-state index < -0.39 is 11.6 Å². The van der Waals surface area contributed by atoms with E-state index in [0.717, 1.165) is 17.7 Å². The Kier molecular flexibility index (Phi) is 3.49. The second-order valence-corrected chi connectivity index (χ2v) is 5.86. The van der Waals surface area contributed by atoms with Crippen LogP contribution >= 0.6 is 0 Å². The third kappa shape index (κ3) is 2.63.